The van der Waals surface area contributed by atoms with Gasteiger partial charge in [0, 0.05) is 16.5 Å². The summed E-state index contributed by atoms with van der Waals surface area (Å²) >= 11 is 1.53. The standard InChI is InChI=1S/C22H16FN3O2S/c23-17-8-6-15(7-9-17)21-22(16-10-11-29-14-16)26-19(12-24-21)25-20(27)13-28-18-4-2-1-3-5-18/h1-12,14H,13H2,(H,25,26,27). The Morgan fingerprint density at radius 1 is 1.00 bits per heavy atom. The molecule has 0 unspecified atom stereocenters. The third-order valence-corrected chi connectivity index (χ3v) is 4.75. The second kappa shape index (κ2) is 8.62. The van der Waals surface area contributed by atoms with Crippen molar-refractivity contribution >= 4 is 23.1 Å². The Bertz CT molecular complexity index is 1100. The van der Waals surface area contributed by atoms with E-state index in [4.69, 9.17) is 4.74 Å². The Kier molecular flexibility index (Phi) is 5.58. The lowest BCUT2D eigenvalue weighted by atomic mass is 10.1. The van der Waals surface area contributed by atoms with Crippen LogP contribution in [0.1, 0.15) is 0 Å². The number of carbonyl (C=O) groups is 1. The summed E-state index contributed by atoms with van der Waals surface area (Å²) in [7, 11) is 0. The van der Waals surface area contributed by atoms with E-state index in [1.165, 1.54) is 29.7 Å². The highest BCUT2D eigenvalue weighted by atomic mass is 32.1. The zero-order valence-corrected chi connectivity index (χ0v) is 16.0. The van der Waals surface area contributed by atoms with Gasteiger partial charge in [-0.2, -0.15) is 11.3 Å². The van der Waals surface area contributed by atoms with Crippen molar-refractivity contribution in [2.24, 2.45) is 0 Å². The third kappa shape index (κ3) is 4.64. The van der Waals surface area contributed by atoms with Crippen LogP contribution in [0.25, 0.3) is 22.5 Å². The first-order chi connectivity index (χ1) is 14.2. The molecule has 0 aliphatic rings. The Hall–Kier alpha value is -3.58. The number of hydrogen-bond acceptors (Lipinski definition) is 5. The molecule has 1 amide bonds. The fourth-order valence-electron chi connectivity index (χ4n) is 2.71. The summed E-state index contributed by atoms with van der Waals surface area (Å²) in [6.45, 7) is -0.140. The van der Waals surface area contributed by atoms with E-state index in [0.29, 0.717) is 23.0 Å². The van der Waals surface area contributed by atoms with Crippen molar-refractivity contribution in [3.63, 3.8) is 0 Å². The molecule has 4 aromatic rings. The van der Waals surface area contributed by atoms with Crippen molar-refractivity contribution in [2.75, 3.05) is 11.9 Å². The van der Waals surface area contributed by atoms with Gasteiger partial charge in [-0.3, -0.25) is 9.78 Å². The van der Waals surface area contributed by atoms with E-state index in [9.17, 15) is 9.18 Å². The molecule has 0 aliphatic carbocycles. The van der Waals surface area contributed by atoms with Crippen LogP contribution in [0.15, 0.2) is 77.6 Å². The third-order valence-electron chi connectivity index (χ3n) is 4.07. The van der Waals surface area contributed by atoms with Crippen molar-refractivity contribution in [3.8, 4) is 28.3 Å². The van der Waals surface area contributed by atoms with Crippen molar-refractivity contribution < 1.29 is 13.9 Å². The van der Waals surface area contributed by atoms with Gasteiger partial charge >= 0.3 is 0 Å². The van der Waals surface area contributed by atoms with E-state index in [1.807, 2.05) is 35.0 Å². The summed E-state index contributed by atoms with van der Waals surface area (Å²) in [5.41, 5.74) is 2.84. The average Bonchev–Trinajstić information content (AvgIpc) is 3.29. The molecular formula is C22H16FN3O2S. The molecule has 0 bridgehead atoms. The highest BCUT2D eigenvalue weighted by Gasteiger charge is 2.14. The molecule has 0 spiro atoms. The minimum Gasteiger partial charge on any atom is -0.484 e. The molecule has 0 aliphatic heterocycles. The number of nitrogens with one attached hydrogen (secondary N) is 1. The lowest BCUT2D eigenvalue weighted by Crippen LogP contribution is -2.21. The summed E-state index contributed by atoms with van der Waals surface area (Å²) in [4.78, 5) is 21.3. The monoisotopic (exact) mass is 405 g/mol. The van der Waals surface area contributed by atoms with E-state index in [-0.39, 0.29) is 18.3 Å². The maximum Gasteiger partial charge on any atom is 0.263 e. The molecule has 2 heterocycles. The fraction of sp³-hybridized carbons (Fsp3) is 0.0455. The van der Waals surface area contributed by atoms with Gasteiger partial charge in [-0.05, 0) is 47.8 Å². The van der Waals surface area contributed by atoms with Crippen LogP contribution in [0.4, 0.5) is 10.2 Å². The van der Waals surface area contributed by atoms with Crippen molar-refractivity contribution in [1.82, 2.24) is 9.97 Å². The Morgan fingerprint density at radius 2 is 1.79 bits per heavy atom. The molecule has 0 saturated carbocycles. The number of anilines is 1. The zero-order chi connectivity index (χ0) is 20.1. The van der Waals surface area contributed by atoms with Gasteiger partial charge in [-0.1, -0.05) is 18.2 Å². The molecule has 1 N–H and O–H groups in total. The minimum absolute atomic E-state index is 0.140. The molecule has 7 heteroatoms. The summed E-state index contributed by atoms with van der Waals surface area (Å²) in [5, 5.41) is 6.59. The van der Waals surface area contributed by atoms with Gasteiger partial charge in [0.25, 0.3) is 5.91 Å². The summed E-state index contributed by atoms with van der Waals surface area (Å²) in [6, 6.07) is 17.1. The molecule has 0 fully saturated rings. The van der Waals surface area contributed by atoms with Gasteiger partial charge in [-0.15, -0.1) is 0 Å². The molecule has 0 saturated heterocycles. The number of carbonyl (C=O) groups excluding carboxylic acids is 1. The summed E-state index contributed by atoms with van der Waals surface area (Å²) in [6.07, 6.45) is 1.48. The van der Waals surface area contributed by atoms with Gasteiger partial charge < -0.3 is 10.1 Å². The van der Waals surface area contributed by atoms with Gasteiger partial charge in [0.15, 0.2) is 12.4 Å². The normalized spacial score (nSPS) is 10.5. The maximum atomic E-state index is 13.3. The van der Waals surface area contributed by atoms with Crippen LogP contribution in [0, 0.1) is 5.82 Å². The fourth-order valence-corrected chi connectivity index (χ4v) is 3.35. The van der Waals surface area contributed by atoms with Crippen LogP contribution in [0.3, 0.4) is 0 Å². The summed E-state index contributed by atoms with van der Waals surface area (Å²) < 4.78 is 18.7. The molecule has 2 aromatic carbocycles. The van der Waals surface area contributed by atoms with Crippen LogP contribution in [0.2, 0.25) is 0 Å². The SMILES string of the molecule is O=C(COc1ccccc1)Nc1cnc(-c2ccc(F)cc2)c(-c2ccsc2)n1. The predicted octanol–water partition coefficient (Wildman–Crippen LogP) is 5.03. The first-order valence-electron chi connectivity index (χ1n) is 8.82. The van der Waals surface area contributed by atoms with Gasteiger partial charge in [0.1, 0.15) is 11.6 Å². The first kappa shape index (κ1) is 18.8. The number of benzene rings is 2. The predicted molar refractivity (Wildman–Crippen MR) is 111 cm³/mol. The van der Waals surface area contributed by atoms with Crippen LogP contribution in [-0.4, -0.2) is 22.5 Å². The molecule has 29 heavy (non-hydrogen) atoms. The largest absolute Gasteiger partial charge is 0.484 e. The Balaban J connectivity index is 1.56. The molecule has 4 rings (SSSR count). The molecule has 144 valence electrons. The number of aromatic nitrogens is 2. The number of ether oxygens (including phenoxy) is 1. The second-order valence-electron chi connectivity index (χ2n) is 6.12. The zero-order valence-electron chi connectivity index (χ0n) is 15.2. The molecule has 0 radical (unpaired) electrons. The lowest BCUT2D eigenvalue weighted by Gasteiger charge is -2.11. The topological polar surface area (TPSA) is 64.1 Å². The number of rotatable bonds is 6. The number of amides is 1. The molecule has 5 nitrogen and oxygen atoms in total. The van der Waals surface area contributed by atoms with Gasteiger partial charge in [0.2, 0.25) is 0 Å². The van der Waals surface area contributed by atoms with Crippen molar-refractivity contribution in [1.29, 1.82) is 0 Å². The highest BCUT2D eigenvalue weighted by Crippen LogP contribution is 2.31. The van der Waals surface area contributed by atoms with Crippen molar-refractivity contribution in [2.45, 2.75) is 0 Å². The average molecular weight is 405 g/mol. The number of para-hydroxylation sites is 1. The lowest BCUT2D eigenvalue weighted by molar-refractivity contribution is -0.118. The van der Waals surface area contributed by atoms with Gasteiger partial charge in [0.05, 0.1) is 17.6 Å². The van der Waals surface area contributed by atoms with E-state index in [0.717, 1.165) is 11.1 Å². The van der Waals surface area contributed by atoms with Crippen molar-refractivity contribution in [3.05, 3.63) is 83.4 Å². The van der Waals surface area contributed by atoms with Gasteiger partial charge in [-0.25, -0.2) is 9.37 Å². The quantitative estimate of drug-likeness (QED) is 0.489. The second-order valence-corrected chi connectivity index (χ2v) is 6.90. The molecule has 0 atom stereocenters. The van der Waals surface area contributed by atoms with Crippen LogP contribution in [0.5, 0.6) is 5.75 Å². The number of nitrogens with zero attached hydrogens (tertiary/aromatic N) is 2. The smallest absolute Gasteiger partial charge is 0.263 e. The van der Waals surface area contributed by atoms with E-state index in [2.05, 4.69) is 15.3 Å². The van der Waals surface area contributed by atoms with Crippen LogP contribution in [-0.2, 0) is 4.79 Å². The van der Waals surface area contributed by atoms with E-state index in [1.54, 1.807) is 24.3 Å². The van der Waals surface area contributed by atoms with E-state index < -0.39 is 0 Å². The van der Waals surface area contributed by atoms with Crippen LogP contribution < -0.4 is 10.1 Å². The minimum atomic E-state index is -0.339. The summed E-state index contributed by atoms with van der Waals surface area (Å²) in [5.74, 6) is 0.271. The Labute approximate surface area is 170 Å². The number of hydrogen-bond donors (Lipinski definition) is 1. The Morgan fingerprint density at radius 3 is 2.52 bits per heavy atom. The van der Waals surface area contributed by atoms with Crippen LogP contribution >= 0.6 is 11.3 Å². The number of halogens is 1. The maximum absolute atomic E-state index is 13.3. The van der Waals surface area contributed by atoms with E-state index >= 15 is 0 Å². The number of thiophene rings is 1. The highest BCUT2D eigenvalue weighted by molar-refractivity contribution is 7.08. The first-order valence-corrected chi connectivity index (χ1v) is 9.76. The molecule has 2 aromatic heterocycles. The molecular weight excluding hydrogens is 389 g/mol.